The minimum Gasteiger partial charge on any atom is -0.461 e. The fraction of sp³-hybridized carbons (Fsp3) is 0.467. The first kappa shape index (κ1) is 15.0. The maximum atomic E-state index is 13.1. The summed E-state index contributed by atoms with van der Waals surface area (Å²) in [6, 6.07) is 5.52. The highest BCUT2D eigenvalue weighted by atomic mass is 32.2. The molecule has 0 N–H and O–H groups in total. The van der Waals surface area contributed by atoms with Crippen molar-refractivity contribution in [1.82, 2.24) is 0 Å². The Hall–Kier alpha value is -1.36. The Labute approximate surface area is 121 Å². The first-order valence-electron chi connectivity index (χ1n) is 6.63. The van der Waals surface area contributed by atoms with Gasteiger partial charge in [0.05, 0.1) is 6.42 Å². The van der Waals surface area contributed by atoms with Crippen molar-refractivity contribution in [2.75, 3.05) is 11.5 Å². The second kappa shape index (κ2) is 6.88. The summed E-state index contributed by atoms with van der Waals surface area (Å²) in [5.74, 6) is 0.303. The van der Waals surface area contributed by atoms with Gasteiger partial charge in [-0.25, -0.2) is 4.39 Å². The fourth-order valence-electron chi connectivity index (χ4n) is 2.11. The molecule has 5 heteroatoms. The Morgan fingerprint density at radius 2 is 2.30 bits per heavy atom. The van der Waals surface area contributed by atoms with Gasteiger partial charge in [-0.05, 0) is 24.3 Å². The quantitative estimate of drug-likeness (QED) is 0.618. The van der Waals surface area contributed by atoms with Crippen LogP contribution in [0.5, 0.6) is 0 Å². The summed E-state index contributed by atoms with van der Waals surface area (Å²) in [7, 11) is 0. The molecule has 1 fully saturated rings. The van der Waals surface area contributed by atoms with Crippen LogP contribution in [0.15, 0.2) is 24.3 Å². The number of hydrogen-bond acceptors (Lipinski definition) is 4. The molecular weight excluding hydrogens is 279 g/mol. The maximum absolute atomic E-state index is 13.1. The van der Waals surface area contributed by atoms with Crippen molar-refractivity contribution in [1.29, 1.82) is 0 Å². The minimum atomic E-state index is -0.502. The average molecular weight is 296 g/mol. The monoisotopic (exact) mass is 296 g/mol. The van der Waals surface area contributed by atoms with Crippen molar-refractivity contribution >= 4 is 23.5 Å². The van der Waals surface area contributed by atoms with Crippen molar-refractivity contribution in [3.05, 3.63) is 35.6 Å². The van der Waals surface area contributed by atoms with Crippen molar-refractivity contribution in [2.45, 2.75) is 25.9 Å². The van der Waals surface area contributed by atoms with E-state index in [0.29, 0.717) is 5.56 Å². The molecule has 0 radical (unpaired) electrons. The molecule has 0 aromatic heterocycles. The zero-order chi connectivity index (χ0) is 14.5. The molecule has 108 valence electrons. The number of rotatable bonds is 5. The van der Waals surface area contributed by atoms with Crippen LogP contribution in [0.4, 0.5) is 4.39 Å². The lowest BCUT2D eigenvalue weighted by atomic mass is 9.96. The number of thioether (sulfide) groups is 1. The van der Waals surface area contributed by atoms with Crippen molar-refractivity contribution in [3.63, 3.8) is 0 Å². The lowest BCUT2D eigenvalue weighted by Crippen LogP contribution is -2.22. The van der Waals surface area contributed by atoms with Gasteiger partial charge >= 0.3 is 5.97 Å². The molecule has 1 heterocycles. The molecule has 0 spiro atoms. The van der Waals surface area contributed by atoms with E-state index in [2.05, 4.69) is 0 Å². The molecule has 2 atom stereocenters. The number of Topliss-reactive ketones (excluding diaryl/α,β-unsaturated/α-hetero) is 1. The zero-order valence-corrected chi connectivity index (χ0v) is 12.1. The molecule has 1 aromatic carbocycles. The first-order chi connectivity index (χ1) is 9.56. The van der Waals surface area contributed by atoms with Gasteiger partial charge in [-0.3, -0.25) is 9.59 Å². The molecule has 20 heavy (non-hydrogen) atoms. The molecule has 0 amide bonds. The smallest absolute Gasteiger partial charge is 0.306 e. The average Bonchev–Trinajstić information content (AvgIpc) is 2.90. The van der Waals surface area contributed by atoms with Gasteiger partial charge in [0, 0.05) is 17.2 Å². The summed E-state index contributed by atoms with van der Waals surface area (Å²) in [5, 5.41) is 0. The lowest BCUT2D eigenvalue weighted by Gasteiger charge is -2.13. The number of esters is 1. The highest BCUT2D eigenvalue weighted by Gasteiger charge is 2.24. The fourth-order valence-corrected chi connectivity index (χ4v) is 3.20. The molecule has 3 nitrogen and oxygen atoms in total. The maximum Gasteiger partial charge on any atom is 0.306 e. The van der Waals surface area contributed by atoms with Crippen LogP contribution in [0.3, 0.4) is 0 Å². The Bertz CT molecular complexity index is 498. The van der Waals surface area contributed by atoms with E-state index in [4.69, 9.17) is 4.74 Å². The summed E-state index contributed by atoms with van der Waals surface area (Å²) in [4.78, 5) is 23.8. The van der Waals surface area contributed by atoms with Gasteiger partial charge < -0.3 is 4.74 Å². The Morgan fingerprint density at radius 3 is 2.95 bits per heavy atom. The first-order valence-corrected chi connectivity index (χ1v) is 7.78. The van der Waals surface area contributed by atoms with E-state index in [1.807, 2.05) is 0 Å². The second-order valence-electron chi connectivity index (χ2n) is 4.96. The Morgan fingerprint density at radius 1 is 1.50 bits per heavy atom. The van der Waals surface area contributed by atoms with Gasteiger partial charge in [-0.15, -0.1) is 0 Å². The molecule has 0 unspecified atom stereocenters. The topological polar surface area (TPSA) is 43.4 Å². The van der Waals surface area contributed by atoms with Crippen LogP contribution in [0, 0.1) is 11.7 Å². The highest BCUT2D eigenvalue weighted by Crippen LogP contribution is 2.21. The van der Waals surface area contributed by atoms with Crippen LogP contribution in [0.25, 0.3) is 0 Å². The number of carbonyl (C=O) groups is 2. The molecule has 0 bridgehead atoms. The van der Waals surface area contributed by atoms with Gasteiger partial charge in [0.2, 0.25) is 0 Å². The lowest BCUT2D eigenvalue weighted by molar-refractivity contribution is -0.148. The molecule has 2 rings (SSSR count). The van der Waals surface area contributed by atoms with Gasteiger partial charge in [-0.2, -0.15) is 11.8 Å². The number of carbonyl (C=O) groups excluding carboxylic acids is 2. The van der Waals surface area contributed by atoms with Crippen LogP contribution in [0.1, 0.15) is 30.1 Å². The van der Waals surface area contributed by atoms with Crippen molar-refractivity contribution < 1.29 is 18.7 Å². The largest absolute Gasteiger partial charge is 0.461 e. The summed E-state index contributed by atoms with van der Waals surface area (Å²) in [6.45, 7) is 1.66. The van der Waals surface area contributed by atoms with Gasteiger partial charge in [0.25, 0.3) is 0 Å². The number of ketones is 1. The van der Waals surface area contributed by atoms with Gasteiger partial charge in [0.15, 0.2) is 5.78 Å². The molecule has 0 aliphatic carbocycles. The van der Waals surface area contributed by atoms with E-state index in [1.165, 1.54) is 18.2 Å². The third-order valence-corrected chi connectivity index (χ3v) is 4.35. The van der Waals surface area contributed by atoms with Crippen LogP contribution in [-0.4, -0.2) is 29.4 Å². The summed E-state index contributed by atoms with van der Waals surface area (Å²) in [6.07, 6.45) is 0.892. The number of halogens is 1. The number of benzene rings is 1. The SMILES string of the molecule is C[C@H](CC(=O)O[C@@H]1CCSC1)C(=O)c1cccc(F)c1. The van der Waals surface area contributed by atoms with Gasteiger partial charge in [-0.1, -0.05) is 19.1 Å². The van der Waals surface area contributed by atoms with Crippen LogP contribution in [0.2, 0.25) is 0 Å². The second-order valence-corrected chi connectivity index (χ2v) is 6.11. The predicted molar refractivity (Wildman–Crippen MR) is 76.3 cm³/mol. The third-order valence-electron chi connectivity index (χ3n) is 3.22. The molecule has 1 aliphatic rings. The summed E-state index contributed by atoms with van der Waals surface area (Å²) in [5.41, 5.74) is 0.293. The molecule has 1 aromatic rings. The van der Waals surface area contributed by atoms with Gasteiger partial charge in [0.1, 0.15) is 11.9 Å². The van der Waals surface area contributed by atoms with Crippen LogP contribution < -0.4 is 0 Å². The van der Waals surface area contributed by atoms with Crippen molar-refractivity contribution in [3.8, 4) is 0 Å². The molecule has 1 aliphatic heterocycles. The minimum absolute atomic E-state index is 0.0241. The number of ether oxygens (including phenoxy) is 1. The zero-order valence-electron chi connectivity index (χ0n) is 11.3. The molecule has 1 saturated heterocycles. The van der Waals surface area contributed by atoms with E-state index < -0.39 is 11.7 Å². The van der Waals surface area contributed by atoms with E-state index in [0.717, 1.165) is 17.9 Å². The predicted octanol–water partition coefficient (Wildman–Crippen LogP) is 3.08. The third kappa shape index (κ3) is 4.07. The normalized spacial score (nSPS) is 19.6. The van der Waals surface area contributed by atoms with Crippen LogP contribution >= 0.6 is 11.8 Å². The highest BCUT2D eigenvalue weighted by molar-refractivity contribution is 7.99. The van der Waals surface area contributed by atoms with E-state index >= 15 is 0 Å². The molecule has 0 saturated carbocycles. The Balaban J connectivity index is 1.88. The Kier molecular flexibility index (Phi) is 5.17. The van der Waals surface area contributed by atoms with E-state index in [1.54, 1.807) is 24.8 Å². The van der Waals surface area contributed by atoms with Crippen LogP contribution in [-0.2, 0) is 9.53 Å². The number of hydrogen-bond donors (Lipinski definition) is 0. The summed E-state index contributed by atoms with van der Waals surface area (Å²) >= 11 is 1.76. The van der Waals surface area contributed by atoms with Crippen molar-refractivity contribution in [2.24, 2.45) is 5.92 Å². The summed E-state index contributed by atoms with van der Waals surface area (Å²) < 4.78 is 18.4. The molecular formula is C15H17FO3S. The standard InChI is InChI=1S/C15H17FO3S/c1-10(7-14(17)19-13-5-6-20-9-13)15(18)11-3-2-4-12(16)8-11/h2-4,8,10,13H,5-7,9H2,1H3/t10-,13-/m1/s1. The van der Waals surface area contributed by atoms with E-state index in [9.17, 15) is 14.0 Å². The van der Waals surface area contributed by atoms with E-state index in [-0.39, 0.29) is 24.3 Å².